The highest BCUT2D eigenvalue weighted by Crippen LogP contribution is 2.35. The highest BCUT2D eigenvalue weighted by atomic mass is 19.4. The van der Waals surface area contributed by atoms with E-state index in [1.165, 1.54) is 0 Å². The van der Waals surface area contributed by atoms with E-state index in [1.807, 2.05) is 25.7 Å². The third kappa shape index (κ3) is 3.10. The van der Waals surface area contributed by atoms with Crippen LogP contribution in [0.25, 0.3) is 0 Å². The molecule has 0 unspecified atom stereocenters. The van der Waals surface area contributed by atoms with Crippen LogP contribution >= 0.6 is 0 Å². The predicted molar refractivity (Wildman–Crippen MR) is 58.1 cm³/mol. The summed E-state index contributed by atoms with van der Waals surface area (Å²) in [5.74, 6) is -1.28. The molecule has 1 saturated heterocycles. The molecule has 0 radical (unpaired) electrons. The molecule has 16 heavy (non-hydrogen) atoms. The summed E-state index contributed by atoms with van der Waals surface area (Å²) >= 11 is 0. The third-order valence-corrected chi connectivity index (χ3v) is 3.67. The Morgan fingerprint density at radius 2 is 1.81 bits per heavy atom. The minimum Gasteiger partial charge on any atom is -0.327 e. The quantitative estimate of drug-likeness (QED) is 0.800. The Kier molecular flexibility index (Phi) is 3.90. The van der Waals surface area contributed by atoms with Crippen molar-refractivity contribution in [3.05, 3.63) is 0 Å². The molecular formula is C11H21F3N2. The van der Waals surface area contributed by atoms with Crippen molar-refractivity contribution in [2.24, 2.45) is 11.7 Å². The molecule has 5 heteroatoms. The summed E-state index contributed by atoms with van der Waals surface area (Å²) in [6.07, 6.45) is -3.25. The van der Waals surface area contributed by atoms with Crippen LogP contribution in [0.5, 0.6) is 0 Å². The number of hydrogen-bond donors (Lipinski definition) is 1. The number of halogens is 3. The van der Waals surface area contributed by atoms with E-state index in [9.17, 15) is 13.2 Å². The standard InChI is InChI=1S/C11H21F3N2/c1-4-10(2,3)16-6-8(11(12,13)14)5-9(15)7-16/h8-9H,4-7,15H2,1-3H3/t8-,9+/m1/s1. The van der Waals surface area contributed by atoms with Crippen LogP contribution in [0.3, 0.4) is 0 Å². The van der Waals surface area contributed by atoms with Crippen LogP contribution < -0.4 is 5.73 Å². The summed E-state index contributed by atoms with van der Waals surface area (Å²) in [4.78, 5) is 1.87. The van der Waals surface area contributed by atoms with Crippen molar-refractivity contribution in [3.8, 4) is 0 Å². The van der Waals surface area contributed by atoms with E-state index in [4.69, 9.17) is 5.73 Å². The molecule has 2 nitrogen and oxygen atoms in total. The largest absolute Gasteiger partial charge is 0.393 e. The van der Waals surface area contributed by atoms with Crippen molar-refractivity contribution >= 4 is 0 Å². The molecule has 96 valence electrons. The normalized spacial score (nSPS) is 29.4. The van der Waals surface area contributed by atoms with Gasteiger partial charge in [0.15, 0.2) is 0 Å². The van der Waals surface area contributed by atoms with E-state index in [-0.39, 0.29) is 24.5 Å². The van der Waals surface area contributed by atoms with Crippen molar-refractivity contribution in [1.82, 2.24) is 4.90 Å². The second kappa shape index (κ2) is 4.53. The molecule has 0 saturated carbocycles. The predicted octanol–water partition coefficient (Wildman–Crippen LogP) is 2.39. The molecule has 1 fully saturated rings. The maximum atomic E-state index is 12.7. The number of piperidine rings is 1. The topological polar surface area (TPSA) is 29.3 Å². The van der Waals surface area contributed by atoms with Gasteiger partial charge in [0, 0.05) is 24.7 Å². The lowest BCUT2D eigenvalue weighted by atomic mass is 9.88. The van der Waals surface area contributed by atoms with Gasteiger partial charge < -0.3 is 5.73 Å². The van der Waals surface area contributed by atoms with Gasteiger partial charge in [-0.05, 0) is 26.7 Å². The summed E-state index contributed by atoms with van der Waals surface area (Å²) in [5, 5.41) is 0. The zero-order valence-corrected chi connectivity index (χ0v) is 10.1. The first-order valence-corrected chi connectivity index (χ1v) is 5.74. The molecule has 0 amide bonds. The van der Waals surface area contributed by atoms with Crippen molar-refractivity contribution in [3.63, 3.8) is 0 Å². The highest BCUT2D eigenvalue weighted by Gasteiger charge is 2.45. The number of nitrogens with two attached hydrogens (primary N) is 1. The van der Waals surface area contributed by atoms with Gasteiger partial charge >= 0.3 is 6.18 Å². The van der Waals surface area contributed by atoms with Gasteiger partial charge in [-0.1, -0.05) is 6.92 Å². The fourth-order valence-corrected chi connectivity index (χ4v) is 2.09. The summed E-state index contributed by atoms with van der Waals surface area (Å²) in [6, 6.07) is -0.369. The number of likely N-dealkylation sites (tertiary alicyclic amines) is 1. The van der Waals surface area contributed by atoms with Crippen molar-refractivity contribution in [2.45, 2.75) is 51.4 Å². The molecule has 1 heterocycles. The van der Waals surface area contributed by atoms with Gasteiger partial charge in [0.1, 0.15) is 0 Å². The molecule has 2 N–H and O–H groups in total. The first-order chi connectivity index (χ1) is 7.16. The zero-order valence-electron chi connectivity index (χ0n) is 10.1. The lowest BCUT2D eigenvalue weighted by Crippen LogP contribution is -2.57. The number of hydrogen-bond acceptors (Lipinski definition) is 2. The van der Waals surface area contributed by atoms with Crippen LogP contribution in [0, 0.1) is 5.92 Å². The van der Waals surface area contributed by atoms with Crippen LogP contribution in [-0.2, 0) is 0 Å². The third-order valence-electron chi connectivity index (χ3n) is 3.67. The smallest absolute Gasteiger partial charge is 0.327 e. The summed E-state index contributed by atoms with van der Waals surface area (Å²) in [7, 11) is 0. The molecule has 0 aromatic heterocycles. The van der Waals surface area contributed by atoms with Crippen molar-refractivity contribution in [2.75, 3.05) is 13.1 Å². The lowest BCUT2D eigenvalue weighted by molar-refractivity contribution is -0.192. The second-order valence-electron chi connectivity index (χ2n) is 5.31. The van der Waals surface area contributed by atoms with Gasteiger partial charge in [-0.3, -0.25) is 4.90 Å². The Morgan fingerprint density at radius 1 is 1.25 bits per heavy atom. The SMILES string of the molecule is CCC(C)(C)N1C[C@@H](N)C[C@@H](C(F)(F)F)C1. The molecule has 0 spiro atoms. The molecule has 0 aromatic rings. The highest BCUT2D eigenvalue weighted by molar-refractivity contribution is 4.91. The minimum atomic E-state index is -4.12. The van der Waals surface area contributed by atoms with E-state index >= 15 is 0 Å². The Labute approximate surface area is 95.0 Å². The molecular weight excluding hydrogens is 217 g/mol. The maximum absolute atomic E-state index is 12.7. The monoisotopic (exact) mass is 238 g/mol. The number of nitrogens with zero attached hydrogens (tertiary/aromatic N) is 1. The maximum Gasteiger partial charge on any atom is 0.393 e. The van der Waals surface area contributed by atoms with E-state index in [0.29, 0.717) is 6.54 Å². The second-order valence-corrected chi connectivity index (χ2v) is 5.31. The van der Waals surface area contributed by atoms with Crippen molar-refractivity contribution in [1.29, 1.82) is 0 Å². The molecule has 0 aliphatic carbocycles. The van der Waals surface area contributed by atoms with Crippen LogP contribution in [-0.4, -0.2) is 35.7 Å². The molecule has 1 aliphatic heterocycles. The zero-order chi connectivity index (χ0) is 12.6. The average Bonchev–Trinajstić information content (AvgIpc) is 2.15. The summed E-state index contributed by atoms with van der Waals surface area (Å²) in [5.41, 5.74) is 5.52. The van der Waals surface area contributed by atoms with E-state index in [2.05, 4.69) is 0 Å². The Bertz CT molecular complexity index is 238. The van der Waals surface area contributed by atoms with E-state index < -0.39 is 12.1 Å². The molecule has 1 aliphatic rings. The van der Waals surface area contributed by atoms with E-state index in [1.54, 1.807) is 0 Å². The van der Waals surface area contributed by atoms with Gasteiger partial charge in [-0.2, -0.15) is 13.2 Å². The van der Waals surface area contributed by atoms with E-state index in [0.717, 1.165) is 6.42 Å². The summed E-state index contributed by atoms with van der Waals surface area (Å²) < 4.78 is 38.1. The molecule has 2 atom stereocenters. The number of rotatable bonds is 2. The first-order valence-electron chi connectivity index (χ1n) is 5.74. The lowest BCUT2D eigenvalue weighted by Gasteiger charge is -2.45. The Hall–Kier alpha value is -0.290. The summed E-state index contributed by atoms with van der Waals surface area (Å²) in [6.45, 7) is 6.57. The number of alkyl halides is 3. The van der Waals surface area contributed by atoms with Crippen LogP contribution in [0.4, 0.5) is 13.2 Å². The average molecular weight is 238 g/mol. The van der Waals surface area contributed by atoms with Gasteiger partial charge in [0.05, 0.1) is 5.92 Å². The fraction of sp³-hybridized carbons (Fsp3) is 1.00. The van der Waals surface area contributed by atoms with Gasteiger partial charge in [-0.15, -0.1) is 0 Å². The van der Waals surface area contributed by atoms with Crippen molar-refractivity contribution < 1.29 is 13.2 Å². The van der Waals surface area contributed by atoms with Gasteiger partial charge in [0.25, 0.3) is 0 Å². The first kappa shape index (κ1) is 13.8. The molecule has 0 aromatic carbocycles. The Balaban J connectivity index is 2.76. The fourth-order valence-electron chi connectivity index (χ4n) is 2.09. The van der Waals surface area contributed by atoms with Gasteiger partial charge in [0.2, 0.25) is 0 Å². The van der Waals surface area contributed by atoms with Crippen LogP contribution in [0.2, 0.25) is 0 Å². The Morgan fingerprint density at radius 3 is 2.25 bits per heavy atom. The molecule has 1 rings (SSSR count). The molecule has 0 bridgehead atoms. The van der Waals surface area contributed by atoms with Crippen LogP contribution in [0.1, 0.15) is 33.6 Å². The van der Waals surface area contributed by atoms with Gasteiger partial charge in [-0.25, -0.2) is 0 Å². The van der Waals surface area contributed by atoms with Crippen LogP contribution in [0.15, 0.2) is 0 Å². The minimum absolute atomic E-state index is 0.0554.